The Morgan fingerprint density at radius 1 is 1.14 bits per heavy atom. The van der Waals surface area contributed by atoms with Gasteiger partial charge in [-0.2, -0.15) is 0 Å². The minimum Gasteiger partial charge on any atom is -0.496 e. The van der Waals surface area contributed by atoms with E-state index >= 15 is 0 Å². The van der Waals surface area contributed by atoms with Crippen molar-refractivity contribution < 1.29 is 9.15 Å². The molecule has 0 amide bonds. The van der Waals surface area contributed by atoms with Crippen molar-refractivity contribution in [3.63, 3.8) is 0 Å². The van der Waals surface area contributed by atoms with Crippen molar-refractivity contribution >= 4 is 34.5 Å². The molecule has 0 spiro atoms. The van der Waals surface area contributed by atoms with E-state index in [9.17, 15) is 4.79 Å². The first-order valence-electron chi connectivity index (χ1n) is 11.7. The van der Waals surface area contributed by atoms with E-state index in [0.29, 0.717) is 33.2 Å². The molecule has 0 radical (unpaired) electrons. The number of methoxy groups -OCH3 is 1. The van der Waals surface area contributed by atoms with Crippen molar-refractivity contribution in [3.05, 3.63) is 75.7 Å². The highest BCUT2D eigenvalue weighted by molar-refractivity contribution is 6.30. The number of likely N-dealkylation sites (tertiary alicyclic amines) is 1. The van der Waals surface area contributed by atoms with Crippen LogP contribution < -0.4 is 15.6 Å². The van der Waals surface area contributed by atoms with E-state index in [0.717, 1.165) is 43.0 Å². The van der Waals surface area contributed by atoms with E-state index in [1.807, 2.05) is 24.3 Å². The highest BCUT2D eigenvalue weighted by Crippen LogP contribution is 2.35. The number of hydrogen-bond acceptors (Lipinski definition) is 6. The number of ether oxygens (including phenoxy) is 1. The molecule has 180 valence electrons. The number of hydrogen-bond donors (Lipinski definition) is 2. The summed E-state index contributed by atoms with van der Waals surface area (Å²) in [6.45, 7) is 4.11. The lowest BCUT2D eigenvalue weighted by atomic mass is 10.1. The Hall–Kier alpha value is -3.55. The lowest BCUT2D eigenvalue weighted by Gasteiger charge is -2.17. The molecule has 1 fully saturated rings. The maximum atomic E-state index is 13.4. The molecule has 3 heterocycles. The van der Waals surface area contributed by atoms with E-state index in [1.165, 1.54) is 19.1 Å². The first kappa shape index (κ1) is 23.2. The fourth-order valence-electron chi connectivity index (χ4n) is 4.58. The summed E-state index contributed by atoms with van der Waals surface area (Å²) in [6, 6.07) is 14.4. The molecular formula is C27H27ClN4O3. The van der Waals surface area contributed by atoms with Gasteiger partial charge in [0.25, 0.3) is 5.56 Å². The predicted octanol–water partition coefficient (Wildman–Crippen LogP) is 5.42. The van der Waals surface area contributed by atoms with Crippen molar-refractivity contribution in [1.82, 2.24) is 9.47 Å². The molecule has 2 aromatic carbocycles. The van der Waals surface area contributed by atoms with Gasteiger partial charge in [-0.15, -0.1) is 0 Å². The van der Waals surface area contributed by atoms with Crippen LogP contribution in [0.1, 0.15) is 18.4 Å². The number of nitrogens with one attached hydrogen (secondary N) is 2. The van der Waals surface area contributed by atoms with Gasteiger partial charge >= 0.3 is 0 Å². The molecule has 5 rings (SSSR count). The zero-order valence-electron chi connectivity index (χ0n) is 19.5. The SMILES string of the molecule is COc1cc(Cl)ccc1-c1cc2c(=O)n(-c3ccc(NCCN4CCCC4)c(C=N)c3)ccc2o1. The van der Waals surface area contributed by atoms with Crippen molar-refractivity contribution in [2.75, 3.05) is 38.6 Å². The molecule has 1 saturated heterocycles. The Balaban J connectivity index is 1.44. The van der Waals surface area contributed by atoms with Gasteiger partial charge in [0.15, 0.2) is 0 Å². The summed E-state index contributed by atoms with van der Waals surface area (Å²) in [5.74, 6) is 1.10. The van der Waals surface area contributed by atoms with Gasteiger partial charge in [-0.05, 0) is 74.5 Å². The quantitative estimate of drug-likeness (QED) is 0.322. The molecular weight excluding hydrogens is 464 g/mol. The van der Waals surface area contributed by atoms with Crippen LogP contribution in [0.2, 0.25) is 5.02 Å². The van der Waals surface area contributed by atoms with Gasteiger partial charge < -0.3 is 24.8 Å². The van der Waals surface area contributed by atoms with Crippen LogP contribution >= 0.6 is 11.6 Å². The standard InChI is InChI=1S/C27H27ClN4O3/c1-34-25-15-19(28)4-6-21(25)26-16-22-24(35-26)8-12-32(27(22)33)20-5-7-23(18(14-20)17-29)30-9-13-31-10-2-3-11-31/h4-8,12,14-17,29-30H,2-3,9-11,13H2,1H3. The number of halogens is 1. The third kappa shape index (κ3) is 4.70. The number of nitrogens with zero attached hydrogens (tertiary/aromatic N) is 2. The van der Waals surface area contributed by atoms with Gasteiger partial charge in [-0.1, -0.05) is 11.6 Å². The Labute approximate surface area is 208 Å². The number of pyridine rings is 1. The second-order valence-electron chi connectivity index (χ2n) is 8.62. The molecule has 35 heavy (non-hydrogen) atoms. The van der Waals surface area contributed by atoms with Crippen molar-refractivity contribution in [1.29, 1.82) is 5.41 Å². The zero-order chi connectivity index (χ0) is 24.4. The molecule has 2 N–H and O–H groups in total. The van der Waals surface area contributed by atoms with Crippen molar-refractivity contribution in [3.8, 4) is 22.8 Å². The van der Waals surface area contributed by atoms with E-state index < -0.39 is 0 Å². The average Bonchev–Trinajstić information content (AvgIpc) is 3.55. The molecule has 7 nitrogen and oxygen atoms in total. The minimum atomic E-state index is -0.198. The summed E-state index contributed by atoms with van der Waals surface area (Å²) >= 11 is 6.08. The van der Waals surface area contributed by atoms with Gasteiger partial charge in [0.05, 0.1) is 18.1 Å². The summed E-state index contributed by atoms with van der Waals surface area (Å²) < 4.78 is 13.0. The summed E-state index contributed by atoms with van der Waals surface area (Å²) in [6.07, 6.45) is 5.55. The van der Waals surface area contributed by atoms with Crippen LogP contribution in [0.15, 0.2) is 63.9 Å². The molecule has 4 aromatic rings. The molecule has 0 aliphatic carbocycles. The third-order valence-corrected chi connectivity index (χ3v) is 6.66. The fraction of sp³-hybridized carbons (Fsp3) is 0.259. The normalized spacial score (nSPS) is 13.9. The third-order valence-electron chi connectivity index (χ3n) is 6.43. The summed E-state index contributed by atoms with van der Waals surface area (Å²) in [5, 5.41) is 12.3. The van der Waals surface area contributed by atoms with E-state index in [1.54, 1.807) is 42.1 Å². The van der Waals surface area contributed by atoms with E-state index in [4.69, 9.17) is 26.2 Å². The molecule has 0 unspecified atom stereocenters. The zero-order valence-corrected chi connectivity index (χ0v) is 20.3. The van der Waals surface area contributed by atoms with Crippen LogP contribution in [-0.2, 0) is 0 Å². The summed E-state index contributed by atoms with van der Waals surface area (Å²) in [4.78, 5) is 15.8. The second-order valence-corrected chi connectivity index (χ2v) is 9.05. The van der Waals surface area contributed by atoms with Gasteiger partial charge in [0, 0.05) is 47.5 Å². The lowest BCUT2D eigenvalue weighted by Crippen LogP contribution is -2.26. The number of aromatic nitrogens is 1. The minimum absolute atomic E-state index is 0.198. The molecule has 0 atom stereocenters. The van der Waals surface area contributed by atoms with Gasteiger partial charge in [0.2, 0.25) is 0 Å². The Morgan fingerprint density at radius 3 is 2.74 bits per heavy atom. The van der Waals surface area contributed by atoms with Crippen LogP contribution in [-0.4, -0.2) is 49.0 Å². The molecule has 1 aliphatic heterocycles. The smallest absolute Gasteiger partial charge is 0.266 e. The number of benzene rings is 2. The number of anilines is 1. The van der Waals surface area contributed by atoms with Gasteiger partial charge in [-0.3, -0.25) is 9.36 Å². The van der Waals surface area contributed by atoms with Crippen LogP contribution in [0.3, 0.4) is 0 Å². The Kier molecular flexibility index (Phi) is 6.61. The van der Waals surface area contributed by atoms with Gasteiger partial charge in [-0.25, -0.2) is 0 Å². The lowest BCUT2D eigenvalue weighted by molar-refractivity contribution is 0.352. The molecule has 0 saturated carbocycles. The highest BCUT2D eigenvalue weighted by atomic mass is 35.5. The highest BCUT2D eigenvalue weighted by Gasteiger charge is 2.16. The molecule has 2 aromatic heterocycles. The average molecular weight is 491 g/mol. The first-order chi connectivity index (χ1) is 17.1. The number of fused-ring (bicyclic) bond motifs is 1. The van der Waals surface area contributed by atoms with Gasteiger partial charge in [0.1, 0.15) is 17.1 Å². The maximum absolute atomic E-state index is 13.4. The van der Waals surface area contributed by atoms with E-state index in [2.05, 4.69) is 10.2 Å². The fourth-order valence-corrected chi connectivity index (χ4v) is 4.74. The van der Waals surface area contributed by atoms with Crippen LogP contribution in [0.25, 0.3) is 28.0 Å². The predicted molar refractivity (Wildman–Crippen MR) is 141 cm³/mol. The number of furan rings is 1. The van der Waals surface area contributed by atoms with Crippen LogP contribution in [0.4, 0.5) is 5.69 Å². The molecule has 0 bridgehead atoms. The summed E-state index contributed by atoms with van der Waals surface area (Å²) in [5.41, 5.74) is 3.32. The van der Waals surface area contributed by atoms with Crippen molar-refractivity contribution in [2.45, 2.75) is 12.8 Å². The molecule has 8 heteroatoms. The summed E-state index contributed by atoms with van der Waals surface area (Å²) in [7, 11) is 1.57. The maximum Gasteiger partial charge on any atom is 0.266 e. The van der Waals surface area contributed by atoms with Crippen LogP contribution in [0, 0.1) is 5.41 Å². The Morgan fingerprint density at radius 2 is 1.97 bits per heavy atom. The second kappa shape index (κ2) is 9.98. The Bertz CT molecular complexity index is 1440. The largest absolute Gasteiger partial charge is 0.496 e. The topological polar surface area (TPSA) is 83.5 Å². The number of rotatable bonds is 8. The van der Waals surface area contributed by atoms with E-state index in [-0.39, 0.29) is 5.56 Å². The van der Waals surface area contributed by atoms with Crippen LogP contribution in [0.5, 0.6) is 5.75 Å². The van der Waals surface area contributed by atoms with Crippen molar-refractivity contribution in [2.24, 2.45) is 0 Å². The molecule has 1 aliphatic rings. The monoisotopic (exact) mass is 490 g/mol. The first-order valence-corrected chi connectivity index (χ1v) is 12.1.